The Bertz CT molecular complexity index is 878. The van der Waals surface area contributed by atoms with Crippen molar-refractivity contribution < 1.29 is 27.1 Å². The largest absolute Gasteiger partial charge is 0.452 e. The molecule has 0 saturated heterocycles. The Morgan fingerprint density at radius 1 is 1.12 bits per heavy atom. The Balaban J connectivity index is 1.92. The van der Waals surface area contributed by atoms with Gasteiger partial charge in [-0.05, 0) is 42.0 Å². The molecular weight excluding hydrogens is 349 g/mol. The quantitative estimate of drug-likeness (QED) is 0.793. The number of carbonyl (C=O) groups excluding carboxylic acids is 2. The molecule has 0 saturated carbocycles. The third-order valence-corrected chi connectivity index (χ3v) is 3.91. The third-order valence-electron chi connectivity index (χ3n) is 3.05. The summed E-state index contributed by atoms with van der Waals surface area (Å²) in [6.45, 7) is -0.521. The number of benzene rings is 2. The van der Waals surface area contributed by atoms with Crippen molar-refractivity contribution in [3.8, 4) is 0 Å². The van der Waals surface area contributed by atoms with E-state index >= 15 is 0 Å². The van der Waals surface area contributed by atoms with Gasteiger partial charge in [-0.25, -0.2) is 17.6 Å². The Hall–Kier alpha value is -2.74. The van der Waals surface area contributed by atoms with Crippen LogP contribution in [0.2, 0.25) is 0 Å². The van der Waals surface area contributed by atoms with Gasteiger partial charge in [-0.1, -0.05) is 12.1 Å². The van der Waals surface area contributed by atoms with E-state index in [2.05, 4.69) is 5.32 Å². The van der Waals surface area contributed by atoms with Gasteiger partial charge in [0.15, 0.2) is 16.4 Å². The molecule has 2 aromatic carbocycles. The number of anilines is 1. The number of hydrogen-bond donors (Lipinski definition) is 1. The predicted octanol–water partition coefficient (Wildman–Crippen LogP) is 2.17. The van der Waals surface area contributed by atoms with Gasteiger partial charge >= 0.3 is 5.97 Å². The molecule has 0 aliphatic carbocycles. The minimum Gasteiger partial charge on any atom is -0.452 e. The van der Waals surface area contributed by atoms with E-state index < -0.39 is 34.1 Å². The summed E-state index contributed by atoms with van der Waals surface area (Å²) in [5.41, 5.74) is 0.973. The van der Waals surface area contributed by atoms with Crippen molar-refractivity contribution in [3.63, 3.8) is 0 Å². The zero-order chi connectivity index (χ0) is 18.4. The minimum absolute atomic E-state index is 0.149. The summed E-state index contributed by atoms with van der Waals surface area (Å²) in [5, 5.41) is 2.46. The smallest absolute Gasteiger partial charge is 0.338 e. The fourth-order valence-corrected chi connectivity index (χ4v) is 2.82. The maximum atomic E-state index is 12.8. The van der Waals surface area contributed by atoms with Crippen LogP contribution in [0.25, 0.3) is 0 Å². The van der Waals surface area contributed by atoms with Gasteiger partial charge in [-0.3, -0.25) is 4.79 Å². The lowest BCUT2D eigenvalue weighted by Crippen LogP contribution is -2.21. The van der Waals surface area contributed by atoms with Crippen molar-refractivity contribution in [3.05, 3.63) is 65.5 Å². The summed E-state index contributed by atoms with van der Waals surface area (Å²) in [4.78, 5) is 23.7. The van der Waals surface area contributed by atoms with E-state index in [0.717, 1.165) is 6.26 Å². The maximum Gasteiger partial charge on any atom is 0.338 e. The molecular formula is C17H16FNO5S. The number of rotatable bonds is 6. The number of nitrogens with one attached hydrogen (secondary N) is 1. The van der Waals surface area contributed by atoms with Gasteiger partial charge in [0.2, 0.25) is 0 Å². The van der Waals surface area contributed by atoms with Crippen LogP contribution in [0.5, 0.6) is 0 Å². The van der Waals surface area contributed by atoms with Crippen molar-refractivity contribution in [1.82, 2.24) is 0 Å². The second kappa shape index (κ2) is 7.89. The maximum absolute atomic E-state index is 12.8. The highest BCUT2D eigenvalue weighted by Gasteiger charge is 2.12. The first kappa shape index (κ1) is 18.6. The molecule has 0 aliphatic heterocycles. The molecule has 2 aromatic rings. The lowest BCUT2D eigenvalue weighted by molar-refractivity contribution is -0.119. The summed E-state index contributed by atoms with van der Waals surface area (Å²) in [7, 11) is -3.23. The second-order valence-corrected chi connectivity index (χ2v) is 7.54. The van der Waals surface area contributed by atoms with Crippen LogP contribution in [0, 0.1) is 5.82 Å². The van der Waals surface area contributed by atoms with Gasteiger partial charge in [0, 0.05) is 11.9 Å². The molecule has 2 rings (SSSR count). The van der Waals surface area contributed by atoms with E-state index in [1.807, 2.05) is 0 Å². The average molecular weight is 365 g/mol. The Labute approximate surface area is 144 Å². The van der Waals surface area contributed by atoms with Gasteiger partial charge in [0.1, 0.15) is 5.82 Å². The fourth-order valence-electron chi connectivity index (χ4n) is 2.04. The number of amides is 1. The average Bonchev–Trinajstić information content (AvgIpc) is 2.53. The number of halogens is 1. The lowest BCUT2D eigenvalue weighted by atomic mass is 10.1. The SMILES string of the molecule is CS(=O)(=O)Cc1cccc(C(=O)OCC(=O)Nc2ccc(F)cc2)c1. The third kappa shape index (κ3) is 6.34. The van der Waals surface area contributed by atoms with E-state index in [9.17, 15) is 22.4 Å². The number of ether oxygens (including phenoxy) is 1. The fraction of sp³-hybridized carbons (Fsp3) is 0.176. The summed E-state index contributed by atoms with van der Waals surface area (Å²) in [5.74, 6) is -1.95. The molecule has 0 aromatic heterocycles. The number of sulfone groups is 1. The Morgan fingerprint density at radius 3 is 2.44 bits per heavy atom. The zero-order valence-electron chi connectivity index (χ0n) is 13.4. The standard InChI is InChI=1S/C17H16FNO5S/c1-25(22,23)11-12-3-2-4-13(9-12)17(21)24-10-16(20)19-15-7-5-14(18)6-8-15/h2-9H,10-11H2,1H3,(H,19,20). The highest BCUT2D eigenvalue weighted by Crippen LogP contribution is 2.11. The molecule has 8 heteroatoms. The summed E-state index contributed by atoms with van der Waals surface area (Å²) < 4.78 is 40.3. The zero-order valence-corrected chi connectivity index (χ0v) is 14.2. The molecule has 0 aliphatic rings. The van der Waals surface area contributed by atoms with E-state index in [-0.39, 0.29) is 11.3 Å². The first-order chi connectivity index (χ1) is 11.7. The van der Waals surface area contributed by atoms with Crippen molar-refractivity contribution in [2.45, 2.75) is 5.75 Å². The van der Waals surface area contributed by atoms with Crippen LogP contribution in [-0.4, -0.2) is 33.2 Å². The van der Waals surface area contributed by atoms with Crippen LogP contribution in [0.3, 0.4) is 0 Å². The van der Waals surface area contributed by atoms with E-state index in [4.69, 9.17) is 4.74 Å². The lowest BCUT2D eigenvalue weighted by Gasteiger charge is -2.07. The van der Waals surface area contributed by atoms with Crippen LogP contribution in [0.4, 0.5) is 10.1 Å². The molecule has 25 heavy (non-hydrogen) atoms. The van der Waals surface area contributed by atoms with E-state index in [1.54, 1.807) is 6.07 Å². The summed E-state index contributed by atoms with van der Waals surface area (Å²) >= 11 is 0. The van der Waals surface area contributed by atoms with Gasteiger partial charge < -0.3 is 10.1 Å². The molecule has 0 fully saturated rings. The molecule has 132 valence electrons. The molecule has 0 unspecified atom stereocenters. The van der Waals surface area contributed by atoms with E-state index in [0.29, 0.717) is 11.3 Å². The Morgan fingerprint density at radius 2 is 1.80 bits per heavy atom. The van der Waals surface area contributed by atoms with Crippen molar-refractivity contribution >= 4 is 27.4 Å². The molecule has 0 atom stereocenters. The van der Waals surface area contributed by atoms with E-state index in [1.165, 1.54) is 42.5 Å². The van der Waals surface area contributed by atoms with Crippen molar-refractivity contribution in [1.29, 1.82) is 0 Å². The van der Waals surface area contributed by atoms with Crippen LogP contribution in [0.1, 0.15) is 15.9 Å². The van der Waals surface area contributed by atoms with Crippen LogP contribution in [0.15, 0.2) is 48.5 Å². The van der Waals surface area contributed by atoms with Gasteiger partial charge in [-0.2, -0.15) is 0 Å². The van der Waals surface area contributed by atoms with Crippen LogP contribution >= 0.6 is 0 Å². The molecule has 1 amide bonds. The molecule has 0 heterocycles. The first-order valence-corrected chi connectivity index (χ1v) is 9.28. The minimum atomic E-state index is -3.23. The van der Waals surface area contributed by atoms with Gasteiger partial charge in [0.25, 0.3) is 5.91 Å². The summed E-state index contributed by atoms with van der Waals surface area (Å²) in [6.07, 6.45) is 1.10. The van der Waals surface area contributed by atoms with Gasteiger partial charge in [0.05, 0.1) is 11.3 Å². The predicted molar refractivity (Wildman–Crippen MR) is 90.3 cm³/mol. The number of esters is 1. The monoisotopic (exact) mass is 365 g/mol. The number of hydrogen-bond acceptors (Lipinski definition) is 5. The highest BCUT2D eigenvalue weighted by atomic mass is 32.2. The molecule has 0 spiro atoms. The molecule has 0 radical (unpaired) electrons. The second-order valence-electron chi connectivity index (χ2n) is 5.40. The number of carbonyl (C=O) groups is 2. The normalized spacial score (nSPS) is 11.0. The highest BCUT2D eigenvalue weighted by molar-refractivity contribution is 7.89. The Kier molecular flexibility index (Phi) is 5.87. The topological polar surface area (TPSA) is 89.5 Å². The summed E-state index contributed by atoms with van der Waals surface area (Å²) in [6, 6.07) is 11.1. The molecule has 0 bridgehead atoms. The van der Waals surface area contributed by atoms with Gasteiger partial charge in [-0.15, -0.1) is 0 Å². The van der Waals surface area contributed by atoms with Crippen LogP contribution in [-0.2, 0) is 25.1 Å². The van der Waals surface area contributed by atoms with Crippen molar-refractivity contribution in [2.24, 2.45) is 0 Å². The van der Waals surface area contributed by atoms with Crippen LogP contribution < -0.4 is 5.32 Å². The van der Waals surface area contributed by atoms with Crippen molar-refractivity contribution in [2.75, 3.05) is 18.2 Å². The molecule has 1 N–H and O–H groups in total. The first-order valence-electron chi connectivity index (χ1n) is 7.22. The molecule has 6 nitrogen and oxygen atoms in total.